The number of nitrogens with zero attached hydrogens (tertiary/aromatic N) is 1. The van der Waals surface area contributed by atoms with Gasteiger partial charge in [0.2, 0.25) is 5.78 Å². The molecule has 92 valence electrons. The topological polar surface area (TPSA) is 75.7 Å². The Morgan fingerprint density at radius 2 is 2.06 bits per heavy atom. The summed E-state index contributed by atoms with van der Waals surface area (Å²) in [5.41, 5.74) is 7.52. The van der Waals surface area contributed by atoms with E-state index in [1.54, 1.807) is 13.0 Å². The number of phenols is 1. The van der Waals surface area contributed by atoms with Gasteiger partial charge in [0.05, 0.1) is 22.1 Å². The Morgan fingerprint density at radius 3 is 2.72 bits per heavy atom. The van der Waals surface area contributed by atoms with Gasteiger partial charge in [-0.1, -0.05) is 11.6 Å². The number of phenolic OH excluding ortho intramolecular Hbond substituents is 1. The van der Waals surface area contributed by atoms with Crippen molar-refractivity contribution in [2.75, 3.05) is 0 Å². The first kappa shape index (κ1) is 12.4. The molecular formula is C13H11ClN2O2. The van der Waals surface area contributed by atoms with E-state index in [1.165, 1.54) is 24.3 Å². The lowest BCUT2D eigenvalue weighted by atomic mass is 10.0. The molecule has 0 atom stereocenters. The fourth-order valence-corrected chi connectivity index (χ4v) is 1.74. The van der Waals surface area contributed by atoms with Gasteiger partial charge in [0.15, 0.2) is 0 Å². The first-order chi connectivity index (χ1) is 8.47. The summed E-state index contributed by atoms with van der Waals surface area (Å²) in [6, 6.07) is 4.49. The highest BCUT2D eigenvalue weighted by molar-refractivity contribution is 6.33. The lowest BCUT2D eigenvalue weighted by molar-refractivity contribution is -0.111. The SMILES string of the molecule is CC1=CC(=O)C(N)=CC1=Nc1ccc(O)cc1Cl. The molecule has 0 aliphatic heterocycles. The molecule has 1 aromatic carbocycles. The van der Waals surface area contributed by atoms with Gasteiger partial charge in [-0.25, -0.2) is 4.99 Å². The summed E-state index contributed by atoms with van der Waals surface area (Å²) in [4.78, 5) is 15.7. The molecule has 3 N–H and O–H groups in total. The number of hydrogen-bond acceptors (Lipinski definition) is 4. The Bertz CT molecular complexity index is 615. The molecule has 0 unspecified atom stereocenters. The first-order valence-corrected chi connectivity index (χ1v) is 5.62. The van der Waals surface area contributed by atoms with E-state index in [0.717, 1.165) is 5.57 Å². The number of aromatic hydroxyl groups is 1. The van der Waals surface area contributed by atoms with Crippen LogP contribution in [0.1, 0.15) is 6.92 Å². The molecule has 0 fully saturated rings. The van der Waals surface area contributed by atoms with Crippen molar-refractivity contribution in [3.8, 4) is 5.75 Å². The highest BCUT2D eigenvalue weighted by Gasteiger charge is 2.13. The van der Waals surface area contributed by atoms with Crippen LogP contribution in [0, 0.1) is 0 Å². The van der Waals surface area contributed by atoms with Gasteiger partial charge in [-0.2, -0.15) is 0 Å². The van der Waals surface area contributed by atoms with Gasteiger partial charge in [0.25, 0.3) is 0 Å². The number of halogens is 1. The highest BCUT2D eigenvalue weighted by atomic mass is 35.5. The molecule has 2 rings (SSSR count). The van der Waals surface area contributed by atoms with Crippen LogP contribution < -0.4 is 5.73 Å². The third-order valence-electron chi connectivity index (χ3n) is 2.50. The number of allylic oxidation sites excluding steroid dienone is 3. The van der Waals surface area contributed by atoms with Crippen LogP contribution in [0.15, 0.2) is 46.6 Å². The van der Waals surface area contributed by atoms with Gasteiger partial charge in [-0.05, 0) is 36.8 Å². The quantitative estimate of drug-likeness (QED) is 0.764. The summed E-state index contributed by atoms with van der Waals surface area (Å²) >= 11 is 5.96. The second-order valence-corrected chi connectivity index (χ2v) is 4.33. The van der Waals surface area contributed by atoms with Crippen molar-refractivity contribution in [1.29, 1.82) is 0 Å². The predicted molar refractivity (Wildman–Crippen MR) is 71.2 cm³/mol. The van der Waals surface area contributed by atoms with E-state index >= 15 is 0 Å². The summed E-state index contributed by atoms with van der Waals surface area (Å²) in [5, 5.41) is 9.58. The Balaban J connectivity index is 2.45. The van der Waals surface area contributed by atoms with Crippen molar-refractivity contribution in [3.05, 3.63) is 46.6 Å². The zero-order valence-corrected chi connectivity index (χ0v) is 10.4. The Morgan fingerprint density at radius 1 is 1.33 bits per heavy atom. The van der Waals surface area contributed by atoms with Gasteiger partial charge in [-0.15, -0.1) is 0 Å². The number of hydrogen-bond donors (Lipinski definition) is 2. The fourth-order valence-electron chi connectivity index (χ4n) is 1.52. The van der Waals surface area contributed by atoms with E-state index in [4.69, 9.17) is 17.3 Å². The van der Waals surface area contributed by atoms with Crippen LogP contribution in [0.2, 0.25) is 5.02 Å². The van der Waals surface area contributed by atoms with Gasteiger partial charge < -0.3 is 10.8 Å². The van der Waals surface area contributed by atoms with E-state index in [0.29, 0.717) is 16.4 Å². The molecule has 4 nitrogen and oxygen atoms in total. The van der Waals surface area contributed by atoms with Crippen LogP contribution in [-0.2, 0) is 4.79 Å². The van der Waals surface area contributed by atoms with Crippen molar-refractivity contribution in [3.63, 3.8) is 0 Å². The predicted octanol–water partition coefficient (Wildman–Crippen LogP) is 2.49. The largest absolute Gasteiger partial charge is 0.508 e. The molecule has 0 saturated heterocycles. The molecule has 5 heteroatoms. The van der Waals surface area contributed by atoms with Crippen LogP contribution in [0.3, 0.4) is 0 Å². The molecule has 0 bridgehead atoms. The Labute approximate surface area is 109 Å². The molecule has 0 saturated carbocycles. The average Bonchev–Trinajstić information content (AvgIpc) is 2.29. The maximum absolute atomic E-state index is 11.3. The van der Waals surface area contributed by atoms with Crippen molar-refractivity contribution in [1.82, 2.24) is 0 Å². The number of carbonyl (C=O) groups excluding carboxylic acids is 1. The first-order valence-electron chi connectivity index (χ1n) is 5.25. The van der Waals surface area contributed by atoms with E-state index in [9.17, 15) is 9.90 Å². The lowest BCUT2D eigenvalue weighted by Crippen LogP contribution is -2.17. The number of rotatable bonds is 1. The lowest BCUT2D eigenvalue weighted by Gasteiger charge is -2.09. The van der Waals surface area contributed by atoms with Crippen LogP contribution >= 0.6 is 11.6 Å². The normalized spacial score (nSPS) is 17.7. The minimum absolute atomic E-state index is 0.0742. The third-order valence-corrected chi connectivity index (χ3v) is 2.80. The Kier molecular flexibility index (Phi) is 3.21. The molecule has 0 heterocycles. The van der Waals surface area contributed by atoms with Crippen molar-refractivity contribution in [2.45, 2.75) is 6.92 Å². The molecule has 0 spiro atoms. The average molecular weight is 263 g/mol. The zero-order chi connectivity index (χ0) is 13.3. The van der Waals surface area contributed by atoms with E-state index in [-0.39, 0.29) is 17.2 Å². The number of benzene rings is 1. The number of aliphatic imine (C=N–C) groups is 1. The monoisotopic (exact) mass is 262 g/mol. The number of carbonyl (C=O) groups is 1. The van der Waals surface area contributed by atoms with Crippen molar-refractivity contribution in [2.24, 2.45) is 10.7 Å². The van der Waals surface area contributed by atoms with Crippen molar-refractivity contribution >= 4 is 28.8 Å². The highest BCUT2D eigenvalue weighted by Crippen LogP contribution is 2.29. The maximum atomic E-state index is 11.3. The molecular weight excluding hydrogens is 252 g/mol. The Hall–Kier alpha value is -2.07. The van der Waals surface area contributed by atoms with Gasteiger partial charge in [-0.3, -0.25) is 4.79 Å². The second kappa shape index (κ2) is 4.66. The molecule has 18 heavy (non-hydrogen) atoms. The van der Waals surface area contributed by atoms with Gasteiger partial charge in [0.1, 0.15) is 5.75 Å². The van der Waals surface area contributed by atoms with E-state index in [1.807, 2.05) is 0 Å². The summed E-state index contributed by atoms with van der Waals surface area (Å²) in [5.74, 6) is -0.145. The minimum atomic E-state index is -0.219. The van der Waals surface area contributed by atoms with Crippen LogP contribution in [0.25, 0.3) is 0 Å². The standard InChI is InChI=1S/C13H11ClN2O2/c1-7-4-13(18)10(15)6-12(7)16-11-3-2-8(17)5-9(11)14/h2-6,17H,15H2,1H3. The van der Waals surface area contributed by atoms with Crippen LogP contribution in [0.5, 0.6) is 5.75 Å². The smallest absolute Gasteiger partial charge is 0.201 e. The molecule has 1 aliphatic carbocycles. The summed E-state index contributed by atoms with van der Waals surface area (Å²) in [6.07, 6.45) is 2.95. The number of ketones is 1. The molecule has 0 amide bonds. The maximum Gasteiger partial charge on any atom is 0.201 e. The van der Waals surface area contributed by atoms with E-state index < -0.39 is 0 Å². The zero-order valence-electron chi connectivity index (χ0n) is 9.64. The minimum Gasteiger partial charge on any atom is -0.508 e. The molecule has 1 aliphatic rings. The van der Waals surface area contributed by atoms with Crippen LogP contribution in [0.4, 0.5) is 5.69 Å². The number of nitrogens with two attached hydrogens (primary N) is 1. The van der Waals surface area contributed by atoms with Crippen LogP contribution in [-0.4, -0.2) is 16.6 Å². The van der Waals surface area contributed by atoms with Crippen molar-refractivity contribution < 1.29 is 9.90 Å². The summed E-state index contributed by atoms with van der Waals surface area (Å²) in [7, 11) is 0. The molecule has 0 radical (unpaired) electrons. The molecule has 0 aromatic heterocycles. The summed E-state index contributed by atoms with van der Waals surface area (Å²) < 4.78 is 0. The van der Waals surface area contributed by atoms with E-state index in [2.05, 4.69) is 4.99 Å². The third kappa shape index (κ3) is 2.43. The van der Waals surface area contributed by atoms with Gasteiger partial charge in [0, 0.05) is 6.07 Å². The summed E-state index contributed by atoms with van der Waals surface area (Å²) in [6.45, 7) is 1.77. The molecule has 1 aromatic rings. The second-order valence-electron chi connectivity index (χ2n) is 3.92. The fraction of sp³-hybridized carbons (Fsp3) is 0.0769. The van der Waals surface area contributed by atoms with Gasteiger partial charge >= 0.3 is 0 Å².